The van der Waals surface area contributed by atoms with E-state index in [4.69, 9.17) is 14.2 Å². The van der Waals surface area contributed by atoms with Gasteiger partial charge in [0.05, 0.1) is 27.3 Å². The lowest BCUT2D eigenvalue weighted by Crippen LogP contribution is -2.59. The molecule has 0 aliphatic carbocycles. The van der Waals surface area contributed by atoms with Gasteiger partial charge in [0.25, 0.3) is 5.91 Å². The summed E-state index contributed by atoms with van der Waals surface area (Å²) in [6.45, 7) is 3.49. The van der Waals surface area contributed by atoms with Gasteiger partial charge in [-0.05, 0) is 53.8 Å². The van der Waals surface area contributed by atoms with Crippen LogP contribution < -0.4 is 30.2 Å². The highest BCUT2D eigenvalue weighted by molar-refractivity contribution is 6.43. The van der Waals surface area contributed by atoms with E-state index < -0.39 is 42.9 Å². The Bertz CT molecular complexity index is 1390. The summed E-state index contributed by atoms with van der Waals surface area (Å²) in [5.41, 5.74) is 1.52. The summed E-state index contributed by atoms with van der Waals surface area (Å²) in [6.07, 6.45) is 1.65. The highest BCUT2D eigenvalue weighted by Crippen LogP contribution is 2.16. The van der Waals surface area contributed by atoms with Crippen molar-refractivity contribution in [3.8, 4) is 17.2 Å². The van der Waals surface area contributed by atoms with Gasteiger partial charge in [0.2, 0.25) is 11.8 Å². The maximum atomic E-state index is 13.7. The first-order chi connectivity index (χ1) is 21.0. The van der Waals surface area contributed by atoms with E-state index in [1.165, 1.54) is 19.4 Å². The van der Waals surface area contributed by atoms with Gasteiger partial charge < -0.3 is 40.2 Å². The molecule has 3 aromatic rings. The Balaban J connectivity index is 1.79. The van der Waals surface area contributed by atoms with Gasteiger partial charge in [-0.2, -0.15) is 0 Å². The van der Waals surface area contributed by atoms with Crippen LogP contribution in [0.4, 0.5) is 0 Å². The van der Waals surface area contributed by atoms with Crippen molar-refractivity contribution in [2.45, 2.75) is 44.7 Å². The van der Waals surface area contributed by atoms with Crippen LogP contribution in [0, 0.1) is 5.92 Å². The van der Waals surface area contributed by atoms with Crippen molar-refractivity contribution in [1.82, 2.24) is 20.9 Å². The second-order valence-electron chi connectivity index (χ2n) is 10.5. The van der Waals surface area contributed by atoms with E-state index >= 15 is 0 Å². The van der Waals surface area contributed by atoms with Gasteiger partial charge in [-0.3, -0.25) is 19.4 Å². The smallest absolute Gasteiger partial charge is 0.475 e. The highest BCUT2D eigenvalue weighted by Gasteiger charge is 2.33. The third-order valence-electron chi connectivity index (χ3n) is 6.97. The first-order valence-electron chi connectivity index (χ1n) is 14.1. The van der Waals surface area contributed by atoms with Crippen molar-refractivity contribution in [2.75, 3.05) is 21.3 Å². The molecule has 234 valence electrons. The molecule has 0 radical (unpaired) electrons. The summed E-state index contributed by atoms with van der Waals surface area (Å²) < 4.78 is 15.6. The van der Waals surface area contributed by atoms with Crippen LogP contribution in [0.5, 0.6) is 17.2 Å². The van der Waals surface area contributed by atoms with Crippen LogP contribution >= 0.6 is 0 Å². The molecule has 13 heteroatoms. The standard InChI is InChI=1S/C31H39BN4O8/c1-19(2)28(31(39)35-27(32(40)41)17-21-8-12-23(43-4)13-9-21)36-30(38)26(16-20-6-10-22(42-3)11-7-20)34-29(37)25-18-24(44-5)14-15-33-25/h6-15,18-19,26-28,40-41H,16-17H2,1-5H3,(H,34,37)(H,35,39)(H,36,38)/t26-,27-,28-/m0/s1. The minimum absolute atomic E-state index is 0.0494. The van der Waals surface area contributed by atoms with Crippen LogP contribution in [0.1, 0.15) is 35.5 Å². The third-order valence-corrected chi connectivity index (χ3v) is 6.97. The number of amides is 3. The largest absolute Gasteiger partial charge is 0.497 e. The molecule has 0 bridgehead atoms. The minimum atomic E-state index is -1.86. The SMILES string of the molecule is COc1ccc(C[C@H](NC(=O)[C@@H](NC(=O)[C@H](Cc2ccc(OC)cc2)NC(=O)c2cc(OC)ccn2)C(C)C)B(O)O)cc1. The lowest BCUT2D eigenvalue weighted by atomic mass is 9.75. The Morgan fingerprint density at radius 2 is 1.30 bits per heavy atom. The zero-order valence-electron chi connectivity index (χ0n) is 25.4. The first kappa shape index (κ1) is 33.9. The highest BCUT2D eigenvalue weighted by atomic mass is 16.5. The monoisotopic (exact) mass is 606 g/mol. The fourth-order valence-electron chi connectivity index (χ4n) is 4.41. The molecule has 3 atom stereocenters. The van der Waals surface area contributed by atoms with Gasteiger partial charge in [-0.1, -0.05) is 38.1 Å². The maximum Gasteiger partial charge on any atom is 0.475 e. The van der Waals surface area contributed by atoms with Crippen LogP contribution in [0.3, 0.4) is 0 Å². The molecule has 2 aromatic carbocycles. The summed E-state index contributed by atoms with van der Waals surface area (Å²) in [4.78, 5) is 44.3. The Morgan fingerprint density at radius 1 is 0.750 bits per heavy atom. The molecule has 12 nitrogen and oxygen atoms in total. The van der Waals surface area contributed by atoms with Crippen LogP contribution in [0.15, 0.2) is 66.9 Å². The van der Waals surface area contributed by atoms with Crippen molar-refractivity contribution in [1.29, 1.82) is 0 Å². The summed E-state index contributed by atoms with van der Waals surface area (Å²) in [5.74, 6) is -1.56. The number of hydrogen-bond donors (Lipinski definition) is 5. The van der Waals surface area contributed by atoms with Crippen molar-refractivity contribution in [3.63, 3.8) is 0 Å². The predicted molar refractivity (Wildman–Crippen MR) is 164 cm³/mol. The second kappa shape index (κ2) is 16.3. The van der Waals surface area contributed by atoms with E-state index in [1.807, 2.05) is 0 Å². The Hall–Kier alpha value is -4.62. The Kier molecular flexibility index (Phi) is 12.5. The van der Waals surface area contributed by atoms with Crippen LogP contribution in [0.25, 0.3) is 0 Å². The zero-order chi connectivity index (χ0) is 32.2. The molecule has 3 amide bonds. The molecule has 0 aliphatic heterocycles. The number of nitrogens with zero attached hydrogens (tertiary/aromatic N) is 1. The quantitative estimate of drug-likeness (QED) is 0.160. The molecule has 1 aromatic heterocycles. The van der Waals surface area contributed by atoms with Crippen molar-refractivity contribution in [2.24, 2.45) is 5.92 Å². The van der Waals surface area contributed by atoms with Crippen LogP contribution in [-0.2, 0) is 22.4 Å². The molecule has 44 heavy (non-hydrogen) atoms. The number of hydrogen-bond acceptors (Lipinski definition) is 9. The van der Waals surface area contributed by atoms with Gasteiger partial charge in [0.1, 0.15) is 35.0 Å². The first-order valence-corrected chi connectivity index (χ1v) is 14.1. The summed E-state index contributed by atoms with van der Waals surface area (Å²) >= 11 is 0. The topological polar surface area (TPSA) is 168 Å². The molecule has 5 N–H and O–H groups in total. The molecular weight excluding hydrogens is 567 g/mol. The molecule has 0 unspecified atom stereocenters. The lowest BCUT2D eigenvalue weighted by Gasteiger charge is -2.27. The molecule has 0 saturated heterocycles. The second-order valence-corrected chi connectivity index (χ2v) is 10.5. The van der Waals surface area contributed by atoms with Gasteiger partial charge in [0.15, 0.2) is 0 Å². The number of benzene rings is 2. The molecular formula is C31H39BN4O8. The van der Waals surface area contributed by atoms with E-state index in [9.17, 15) is 24.4 Å². The molecule has 1 heterocycles. The number of nitrogens with one attached hydrogen (secondary N) is 3. The van der Waals surface area contributed by atoms with E-state index in [0.717, 1.165) is 11.1 Å². The Morgan fingerprint density at radius 3 is 1.80 bits per heavy atom. The lowest BCUT2D eigenvalue weighted by molar-refractivity contribution is -0.131. The molecule has 3 rings (SSSR count). The fraction of sp³-hybridized carbons (Fsp3) is 0.355. The van der Waals surface area contributed by atoms with Crippen molar-refractivity contribution < 1.29 is 38.6 Å². The van der Waals surface area contributed by atoms with Gasteiger partial charge in [0, 0.05) is 18.7 Å². The van der Waals surface area contributed by atoms with E-state index in [-0.39, 0.29) is 24.5 Å². The average molecular weight is 606 g/mol. The van der Waals surface area contributed by atoms with Crippen molar-refractivity contribution >= 4 is 24.8 Å². The van der Waals surface area contributed by atoms with Gasteiger partial charge >= 0.3 is 7.12 Å². The third kappa shape index (κ3) is 9.71. The number of carbonyl (C=O) groups is 3. The zero-order valence-corrected chi connectivity index (χ0v) is 25.4. The minimum Gasteiger partial charge on any atom is -0.497 e. The van der Waals surface area contributed by atoms with Crippen LogP contribution in [0.2, 0.25) is 0 Å². The van der Waals surface area contributed by atoms with Crippen LogP contribution in [-0.4, -0.2) is 79.2 Å². The fourth-order valence-corrected chi connectivity index (χ4v) is 4.41. The summed E-state index contributed by atoms with van der Waals surface area (Å²) in [5, 5.41) is 28.2. The number of pyridine rings is 1. The number of carbonyl (C=O) groups excluding carboxylic acids is 3. The maximum absolute atomic E-state index is 13.7. The predicted octanol–water partition coefficient (Wildman–Crippen LogP) is 1.33. The summed E-state index contributed by atoms with van der Waals surface area (Å²) in [6, 6.07) is 14.9. The van der Waals surface area contributed by atoms with Gasteiger partial charge in [-0.15, -0.1) is 0 Å². The van der Waals surface area contributed by atoms with E-state index in [1.54, 1.807) is 82.7 Å². The normalized spacial score (nSPS) is 12.8. The summed E-state index contributed by atoms with van der Waals surface area (Å²) in [7, 11) is 2.69. The van der Waals surface area contributed by atoms with E-state index in [0.29, 0.717) is 17.2 Å². The number of methoxy groups -OCH3 is 3. The van der Waals surface area contributed by atoms with E-state index in [2.05, 4.69) is 20.9 Å². The number of rotatable bonds is 15. The Labute approximate surface area is 257 Å². The van der Waals surface area contributed by atoms with Crippen molar-refractivity contribution in [3.05, 3.63) is 83.7 Å². The molecule has 0 spiro atoms. The molecule has 0 aliphatic rings. The number of aromatic nitrogens is 1. The van der Waals surface area contributed by atoms with Gasteiger partial charge in [-0.25, -0.2) is 0 Å². The molecule has 0 fully saturated rings. The number of ether oxygens (including phenoxy) is 3. The molecule has 0 saturated carbocycles. The average Bonchev–Trinajstić information content (AvgIpc) is 3.03.